The first-order valence-electron chi connectivity index (χ1n) is 8.40. The van der Waals surface area contributed by atoms with Gasteiger partial charge in [-0.3, -0.25) is 0 Å². The molecule has 4 heteroatoms. The summed E-state index contributed by atoms with van der Waals surface area (Å²) in [6.45, 7) is 7.49. The topological polar surface area (TPSA) is 39.7 Å². The van der Waals surface area contributed by atoms with Gasteiger partial charge in [0.25, 0.3) is 0 Å². The average Bonchev–Trinajstić information content (AvgIpc) is 2.49. The minimum atomic E-state index is 0.667. The Morgan fingerprint density at radius 3 is 2.05 bits per heavy atom. The first kappa shape index (κ1) is 17.9. The molecule has 0 aliphatic heterocycles. The first-order valence-corrected chi connectivity index (χ1v) is 8.40. The number of unbranched alkanes of at least 4 members (excludes halogenated alkanes) is 1. The summed E-state index contributed by atoms with van der Waals surface area (Å²) in [4.78, 5) is 0. The zero-order chi connectivity index (χ0) is 14.3. The van der Waals surface area contributed by atoms with Crippen LogP contribution >= 0.6 is 0 Å². The van der Waals surface area contributed by atoms with E-state index in [4.69, 9.17) is 14.2 Å². The van der Waals surface area contributed by atoms with Crippen LogP contribution in [-0.4, -0.2) is 52.2 Å². The summed E-state index contributed by atoms with van der Waals surface area (Å²) in [5, 5.41) is 3.57. The van der Waals surface area contributed by atoms with Gasteiger partial charge in [0.2, 0.25) is 0 Å². The van der Waals surface area contributed by atoms with E-state index in [0.717, 1.165) is 32.2 Å². The molecular weight excluding hydrogens is 254 g/mol. The Hall–Kier alpha value is -0.160. The van der Waals surface area contributed by atoms with E-state index >= 15 is 0 Å². The third-order valence-corrected chi connectivity index (χ3v) is 3.67. The standard InChI is InChI=1S/C16H33NO3/c1-2-3-10-18-12-14-20-15-13-19-11-9-17-16-7-5-4-6-8-16/h16-17H,2-15H2,1H3. The molecular formula is C16H33NO3. The van der Waals surface area contributed by atoms with Gasteiger partial charge in [-0.05, 0) is 19.3 Å². The summed E-state index contributed by atoms with van der Waals surface area (Å²) in [7, 11) is 0. The van der Waals surface area contributed by atoms with Crippen LogP contribution in [0.1, 0.15) is 51.9 Å². The molecule has 0 unspecified atom stereocenters. The van der Waals surface area contributed by atoms with Gasteiger partial charge >= 0.3 is 0 Å². The molecule has 0 amide bonds. The molecule has 0 radical (unpaired) electrons. The second-order valence-corrected chi connectivity index (χ2v) is 5.48. The molecule has 120 valence electrons. The van der Waals surface area contributed by atoms with Crippen molar-refractivity contribution in [2.24, 2.45) is 0 Å². The lowest BCUT2D eigenvalue weighted by atomic mass is 9.96. The molecule has 1 N–H and O–H groups in total. The summed E-state index contributed by atoms with van der Waals surface area (Å²) in [6.07, 6.45) is 9.16. The normalized spacial score (nSPS) is 16.6. The van der Waals surface area contributed by atoms with Crippen LogP contribution in [0.3, 0.4) is 0 Å². The Labute approximate surface area is 124 Å². The highest BCUT2D eigenvalue weighted by Gasteiger charge is 2.11. The molecule has 1 aliphatic carbocycles. The van der Waals surface area contributed by atoms with Crippen LogP contribution in [0.15, 0.2) is 0 Å². The van der Waals surface area contributed by atoms with Crippen LogP contribution in [0.4, 0.5) is 0 Å². The summed E-state index contributed by atoms with van der Waals surface area (Å²) in [6, 6.07) is 0.726. The van der Waals surface area contributed by atoms with Crippen molar-refractivity contribution in [1.29, 1.82) is 0 Å². The van der Waals surface area contributed by atoms with Crippen LogP contribution < -0.4 is 5.32 Å². The van der Waals surface area contributed by atoms with Crippen molar-refractivity contribution in [3.63, 3.8) is 0 Å². The Balaban J connectivity index is 1.70. The molecule has 1 saturated carbocycles. The van der Waals surface area contributed by atoms with E-state index in [9.17, 15) is 0 Å². The second-order valence-electron chi connectivity index (χ2n) is 5.48. The monoisotopic (exact) mass is 287 g/mol. The Morgan fingerprint density at radius 1 is 0.800 bits per heavy atom. The fourth-order valence-corrected chi connectivity index (χ4v) is 2.43. The number of rotatable bonds is 13. The maximum Gasteiger partial charge on any atom is 0.0701 e. The summed E-state index contributed by atoms with van der Waals surface area (Å²) in [5.74, 6) is 0. The van der Waals surface area contributed by atoms with Crippen molar-refractivity contribution in [2.45, 2.75) is 57.9 Å². The van der Waals surface area contributed by atoms with Gasteiger partial charge in [-0.2, -0.15) is 0 Å². The minimum absolute atomic E-state index is 0.667. The van der Waals surface area contributed by atoms with Crippen molar-refractivity contribution in [1.82, 2.24) is 5.32 Å². The zero-order valence-electron chi connectivity index (χ0n) is 13.2. The van der Waals surface area contributed by atoms with E-state index in [0.29, 0.717) is 26.4 Å². The second kappa shape index (κ2) is 13.8. The fourth-order valence-electron chi connectivity index (χ4n) is 2.43. The van der Waals surface area contributed by atoms with E-state index in [-0.39, 0.29) is 0 Å². The van der Waals surface area contributed by atoms with Crippen LogP contribution in [-0.2, 0) is 14.2 Å². The van der Waals surface area contributed by atoms with Gasteiger partial charge in [-0.15, -0.1) is 0 Å². The maximum absolute atomic E-state index is 5.54. The summed E-state index contributed by atoms with van der Waals surface area (Å²) < 4.78 is 16.4. The van der Waals surface area contributed by atoms with Crippen LogP contribution in [0, 0.1) is 0 Å². The molecule has 0 aromatic heterocycles. The number of hydrogen-bond acceptors (Lipinski definition) is 4. The first-order chi connectivity index (χ1) is 9.93. The van der Waals surface area contributed by atoms with Crippen molar-refractivity contribution in [2.75, 3.05) is 46.2 Å². The quantitative estimate of drug-likeness (QED) is 0.529. The predicted molar refractivity (Wildman–Crippen MR) is 82.2 cm³/mol. The minimum Gasteiger partial charge on any atom is -0.379 e. The number of nitrogens with one attached hydrogen (secondary N) is 1. The van der Waals surface area contributed by atoms with Gasteiger partial charge in [0.15, 0.2) is 0 Å². The van der Waals surface area contributed by atoms with E-state index in [1.165, 1.54) is 38.5 Å². The lowest BCUT2D eigenvalue weighted by Gasteiger charge is -2.22. The molecule has 0 spiro atoms. The molecule has 4 nitrogen and oxygen atoms in total. The zero-order valence-corrected chi connectivity index (χ0v) is 13.2. The summed E-state index contributed by atoms with van der Waals surface area (Å²) >= 11 is 0. The van der Waals surface area contributed by atoms with Gasteiger partial charge in [0, 0.05) is 19.2 Å². The van der Waals surface area contributed by atoms with Gasteiger partial charge in [-0.25, -0.2) is 0 Å². The lowest BCUT2D eigenvalue weighted by molar-refractivity contribution is 0.0143. The third-order valence-electron chi connectivity index (χ3n) is 3.67. The molecule has 1 aliphatic rings. The summed E-state index contributed by atoms with van der Waals surface area (Å²) in [5.41, 5.74) is 0. The molecule has 0 atom stereocenters. The molecule has 1 fully saturated rings. The predicted octanol–water partition coefficient (Wildman–Crippen LogP) is 2.76. The van der Waals surface area contributed by atoms with E-state index in [1.54, 1.807) is 0 Å². The van der Waals surface area contributed by atoms with Gasteiger partial charge < -0.3 is 19.5 Å². The molecule has 20 heavy (non-hydrogen) atoms. The van der Waals surface area contributed by atoms with Gasteiger partial charge in [0.1, 0.15) is 0 Å². The highest BCUT2D eigenvalue weighted by molar-refractivity contribution is 4.71. The molecule has 0 aromatic carbocycles. The van der Waals surface area contributed by atoms with Crippen molar-refractivity contribution in [3.8, 4) is 0 Å². The van der Waals surface area contributed by atoms with Gasteiger partial charge in [0.05, 0.1) is 33.0 Å². The molecule has 0 aromatic rings. The Morgan fingerprint density at radius 2 is 1.40 bits per heavy atom. The van der Waals surface area contributed by atoms with E-state index in [2.05, 4.69) is 12.2 Å². The van der Waals surface area contributed by atoms with Crippen molar-refractivity contribution < 1.29 is 14.2 Å². The highest BCUT2D eigenvalue weighted by atomic mass is 16.5. The Bertz CT molecular complexity index is 196. The number of hydrogen-bond donors (Lipinski definition) is 1. The van der Waals surface area contributed by atoms with Crippen molar-refractivity contribution in [3.05, 3.63) is 0 Å². The molecule has 0 bridgehead atoms. The van der Waals surface area contributed by atoms with Gasteiger partial charge in [-0.1, -0.05) is 32.6 Å². The largest absolute Gasteiger partial charge is 0.379 e. The smallest absolute Gasteiger partial charge is 0.0701 e. The molecule has 1 rings (SSSR count). The molecule has 0 saturated heterocycles. The van der Waals surface area contributed by atoms with E-state index < -0.39 is 0 Å². The maximum atomic E-state index is 5.54. The number of ether oxygens (including phenoxy) is 3. The Kier molecular flexibility index (Phi) is 12.3. The van der Waals surface area contributed by atoms with Crippen LogP contribution in [0.25, 0.3) is 0 Å². The van der Waals surface area contributed by atoms with Crippen molar-refractivity contribution >= 4 is 0 Å². The highest BCUT2D eigenvalue weighted by Crippen LogP contribution is 2.16. The van der Waals surface area contributed by atoms with Crippen LogP contribution in [0.2, 0.25) is 0 Å². The third kappa shape index (κ3) is 10.6. The fraction of sp³-hybridized carbons (Fsp3) is 1.00. The SMILES string of the molecule is CCCCOCCOCCOCCNC1CCCCC1. The lowest BCUT2D eigenvalue weighted by Crippen LogP contribution is -2.33. The van der Waals surface area contributed by atoms with Crippen LogP contribution in [0.5, 0.6) is 0 Å². The van der Waals surface area contributed by atoms with E-state index in [1.807, 2.05) is 0 Å². The average molecular weight is 287 g/mol. The molecule has 0 heterocycles.